The molecule has 0 fully saturated rings. The zero-order valence-electron chi connectivity index (χ0n) is 13.7. The number of ether oxygens (including phenoxy) is 1. The van der Waals surface area contributed by atoms with E-state index in [2.05, 4.69) is 20.8 Å². The third-order valence-electron chi connectivity index (χ3n) is 4.11. The maximum atomic E-state index is 11.3. The molecule has 0 bridgehead atoms. The van der Waals surface area contributed by atoms with Gasteiger partial charge in [0.1, 0.15) is 0 Å². The van der Waals surface area contributed by atoms with Gasteiger partial charge in [0.2, 0.25) is 0 Å². The molecule has 19 heavy (non-hydrogen) atoms. The maximum Gasteiger partial charge on any atom is 0.308 e. The van der Waals surface area contributed by atoms with Gasteiger partial charge in [-0.25, -0.2) is 0 Å². The van der Waals surface area contributed by atoms with Crippen LogP contribution in [0.5, 0.6) is 0 Å². The largest absolute Gasteiger partial charge is 0.469 e. The van der Waals surface area contributed by atoms with Crippen LogP contribution in [0.2, 0.25) is 0 Å². The third kappa shape index (κ3) is 9.98. The lowest BCUT2D eigenvalue weighted by atomic mass is 9.92. The Balaban J connectivity index is 3.54. The Labute approximate surface area is 120 Å². The molecule has 114 valence electrons. The van der Waals surface area contributed by atoms with Gasteiger partial charge in [0, 0.05) is 0 Å². The van der Waals surface area contributed by atoms with Crippen LogP contribution in [0.4, 0.5) is 0 Å². The van der Waals surface area contributed by atoms with E-state index in [1.165, 1.54) is 45.6 Å². The third-order valence-corrected chi connectivity index (χ3v) is 4.11. The molecular weight excluding hydrogens is 236 g/mol. The molecule has 0 saturated heterocycles. The van der Waals surface area contributed by atoms with Crippen LogP contribution in [-0.2, 0) is 9.53 Å². The maximum absolute atomic E-state index is 11.3. The number of methoxy groups -OCH3 is 1. The van der Waals surface area contributed by atoms with Crippen molar-refractivity contribution in [3.8, 4) is 0 Å². The molecule has 3 atom stereocenters. The number of rotatable bonds is 11. The smallest absolute Gasteiger partial charge is 0.308 e. The topological polar surface area (TPSA) is 26.3 Å². The Morgan fingerprint density at radius 3 is 1.84 bits per heavy atom. The van der Waals surface area contributed by atoms with Crippen LogP contribution in [0, 0.1) is 17.8 Å². The Bertz CT molecular complexity index is 225. The van der Waals surface area contributed by atoms with Gasteiger partial charge in [0.15, 0.2) is 0 Å². The molecule has 0 amide bonds. The summed E-state index contributed by atoms with van der Waals surface area (Å²) in [4.78, 5) is 11.3. The van der Waals surface area contributed by atoms with E-state index < -0.39 is 0 Å². The van der Waals surface area contributed by atoms with Gasteiger partial charge in [0.25, 0.3) is 0 Å². The van der Waals surface area contributed by atoms with E-state index in [1.54, 1.807) is 0 Å². The molecule has 0 aromatic heterocycles. The monoisotopic (exact) mass is 270 g/mol. The van der Waals surface area contributed by atoms with E-state index >= 15 is 0 Å². The minimum Gasteiger partial charge on any atom is -0.469 e. The quantitative estimate of drug-likeness (QED) is 0.482. The predicted molar refractivity (Wildman–Crippen MR) is 82.1 cm³/mol. The standard InChI is InChI=1S/C17H34O2/c1-6-9-14(2)10-7-11-15(3)12-8-13-16(4)17(18)19-5/h14-16H,6-13H2,1-5H3/t14-,15+,16+/m0/s1. The van der Waals surface area contributed by atoms with E-state index in [0.717, 1.165) is 24.7 Å². The normalized spacial score (nSPS) is 15.8. The van der Waals surface area contributed by atoms with Crippen LogP contribution in [0.15, 0.2) is 0 Å². The number of hydrogen-bond donors (Lipinski definition) is 0. The van der Waals surface area contributed by atoms with Crippen molar-refractivity contribution < 1.29 is 9.53 Å². The molecule has 2 nitrogen and oxygen atoms in total. The first-order valence-corrected chi connectivity index (χ1v) is 8.09. The van der Waals surface area contributed by atoms with Crippen molar-refractivity contribution in [2.24, 2.45) is 17.8 Å². The summed E-state index contributed by atoms with van der Waals surface area (Å²) in [5.74, 6) is 1.66. The first kappa shape index (κ1) is 18.5. The highest BCUT2D eigenvalue weighted by molar-refractivity contribution is 5.71. The van der Waals surface area contributed by atoms with Crippen molar-refractivity contribution in [1.29, 1.82) is 0 Å². The minimum absolute atomic E-state index is 0.0572. The molecule has 0 aliphatic carbocycles. The second kappa shape index (κ2) is 11.3. The first-order chi connectivity index (χ1) is 9.01. The highest BCUT2D eigenvalue weighted by atomic mass is 16.5. The van der Waals surface area contributed by atoms with E-state index in [9.17, 15) is 4.79 Å². The van der Waals surface area contributed by atoms with Gasteiger partial charge in [-0.3, -0.25) is 4.79 Å². The molecule has 0 unspecified atom stereocenters. The summed E-state index contributed by atoms with van der Waals surface area (Å²) in [6, 6.07) is 0. The first-order valence-electron chi connectivity index (χ1n) is 8.09. The van der Waals surface area contributed by atoms with Crippen LogP contribution < -0.4 is 0 Å². The zero-order valence-corrected chi connectivity index (χ0v) is 13.7. The lowest BCUT2D eigenvalue weighted by molar-refractivity contribution is -0.145. The number of carbonyl (C=O) groups excluding carboxylic acids is 1. The average Bonchev–Trinajstić information content (AvgIpc) is 2.37. The second-order valence-electron chi connectivity index (χ2n) is 6.29. The van der Waals surface area contributed by atoms with Crippen molar-refractivity contribution in [3.63, 3.8) is 0 Å². The molecule has 2 heteroatoms. The van der Waals surface area contributed by atoms with Crippen LogP contribution in [0.1, 0.15) is 79.1 Å². The Morgan fingerprint density at radius 1 is 0.895 bits per heavy atom. The fourth-order valence-electron chi connectivity index (χ4n) is 2.69. The second-order valence-corrected chi connectivity index (χ2v) is 6.29. The van der Waals surface area contributed by atoms with Crippen molar-refractivity contribution in [1.82, 2.24) is 0 Å². The molecule has 0 rings (SSSR count). The predicted octanol–water partition coefficient (Wildman–Crippen LogP) is 5.21. The molecular formula is C17H34O2. The fourth-order valence-corrected chi connectivity index (χ4v) is 2.69. The SMILES string of the molecule is CCC[C@H](C)CCC[C@@H](C)CCC[C@@H](C)C(=O)OC. The minimum atomic E-state index is -0.0685. The summed E-state index contributed by atoms with van der Waals surface area (Å²) < 4.78 is 4.74. The van der Waals surface area contributed by atoms with E-state index in [0.29, 0.717) is 0 Å². The van der Waals surface area contributed by atoms with Crippen molar-refractivity contribution >= 4 is 5.97 Å². The molecule has 0 N–H and O–H groups in total. The van der Waals surface area contributed by atoms with Gasteiger partial charge in [-0.1, -0.05) is 72.6 Å². The molecule has 0 radical (unpaired) electrons. The summed E-state index contributed by atoms with van der Waals surface area (Å²) in [6.07, 6.45) is 10.1. The van der Waals surface area contributed by atoms with Crippen molar-refractivity contribution in [2.75, 3.05) is 7.11 Å². The molecule has 0 aliphatic heterocycles. The van der Waals surface area contributed by atoms with E-state index in [-0.39, 0.29) is 11.9 Å². The summed E-state index contributed by atoms with van der Waals surface area (Å²) in [7, 11) is 1.47. The summed E-state index contributed by atoms with van der Waals surface area (Å²) in [5, 5.41) is 0. The molecule has 0 aromatic rings. The van der Waals surface area contributed by atoms with Gasteiger partial charge in [-0.05, 0) is 18.3 Å². The Hall–Kier alpha value is -0.530. The molecule has 0 saturated carbocycles. The molecule has 0 aromatic carbocycles. The number of esters is 1. The fraction of sp³-hybridized carbons (Fsp3) is 0.941. The molecule has 0 heterocycles. The summed E-state index contributed by atoms with van der Waals surface area (Å²) in [5.41, 5.74) is 0. The summed E-state index contributed by atoms with van der Waals surface area (Å²) in [6.45, 7) is 8.93. The zero-order chi connectivity index (χ0) is 14.7. The van der Waals surface area contributed by atoms with Crippen LogP contribution in [0.3, 0.4) is 0 Å². The lowest BCUT2D eigenvalue weighted by Crippen LogP contribution is -2.12. The van der Waals surface area contributed by atoms with Gasteiger partial charge in [-0.2, -0.15) is 0 Å². The highest BCUT2D eigenvalue weighted by Gasteiger charge is 2.13. The van der Waals surface area contributed by atoms with E-state index in [4.69, 9.17) is 4.74 Å². The lowest BCUT2D eigenvalue weighted by Gasteiger charge is -2.15. The Morgan fingerprint density at radius 2 is 1.37 bits per heavy atom. The van der Waals surface area contributed by atoms with Gasteiger partial charge < -0.3 is 4.74 Å². The molecule has 0 spiro atoms. The van der Waals surface area contributed by atoms with Gasteiger partial charge in [-0.15, -0.1) is 0 Å². The number of hydrogen-bond acceptors (Lipinski definition) is 2. The Kier molecular flexibility index (Phi) is 11.0. The van der Waals surface area contributed by atoms with Gasteiger partial charge >= 0.3 is 5.97 Å². The van der Waals surface area contributed by atoms with Crippen LogP contribution in [0.25, 0.3) is 0 Å². The number of carbonyl (C=O) groups is 1. The highest BCUT2D eigenvalue weighted by Crippen LogP contribution is 2.21. The van der Waals surface area contributed by atoms with E-state index in [1.807, 2.05) is 6.92 Å². The molecule has 0 aliphatic rings. The average molecular weight is 270 g/mol. The summed E-state index contributed by atoms with van der Waals surface area (Å²) >= 11 is 0. The van der Waals surface area contributed by atoms with Crippen molar-refractivity contribution in [2.45, 2.75) is 79.1 Å². The van der Waals surface area contributed by atoms with Crippen LogP contribution >= 0.6 is 0 Å². The van der Waals surface area contributed by atoms with Crippen LogP contribution in [-0.4, -0.2) is 13.1 Å². The van der Waals surface area contributed by atoms with Crippen molar-refractivity contribution in [3.05, 3.63) is 0 Å². The van der Waals surface area contributed by atoms with Gasteiger partial charge in [0.05, 0.1) is 13.0 Å².